The van der Waals surface area contributed by atoms with Crippen molar-refractivity contribution >= 4 is 5.69 Å². The first-order valence-electron chi connectivity index (χ1n) is 6.13. The van der Waals surface area contributed by atoms with Gasteiger partial charge in [-0.2, -0.15) is 0 Å². The molecule has 0 heterocycles. The van der Waals surface area contributed by atoms with E-state index >= 15 is 0 Å². The predicted octanol–water partition coefficient (Wildman–Crippen LogP) is 2.82. The molecule has 0 saturated carbocycles. The Kier molecular flexibility index (Phi) is 5.59. The SMILES string of the molecule is C#CCC(NCCC)c1cccc(N(C)C)c1. The highest BCUT2D eigenvalue weighted by Gasteiger charge is 2.09. The summed E-state index contributed by atoms with van der Waals surface area (Å²) in [6, 6.07) is 8.79. The number of nitrogens with zero attached hydrogens (tertiary/aromatic N) is 1. The molecule has 1 unspecified atom stereocenters. The zero-order valence-corrected chi connectivity index (χ0v) is 11.0. The lowest BCUT2D eigenvalue weighted by Crippen LogP contribution is -2.22. The number of terminal acetylenes is 1. The summed E-state index contributed by atoms with van der Waals surface area (Å²) in [6.07, 6.45) is 7.29. The van der Waals surface area contributed by atoms with Gasteiger partial charge in [-0.25, -0.2) is 0 Å². The second-order valence-electron chi connectivity index (χ2n) is 4.40. The van der Waals surface area contributed by atoms with Crippen molar-refractivity contribution in [3.05, 3.63) is 29.8 Å². The van der Waals surface area contributed by atoms with Crippen LogP contribution in [0.5, 0.6) is 0 Å². The van der Waals surface area contributed by atoms with Crippen molar-refractivity contribution < 1.29 is 0 Å². The van der Waals surface area contributed by atoms with Crippen LogP contribution >= 0.6 is 0 Å². The standard InChI is InChI=1S/C15H22N2/c1-5-8-15(16-11-6-2)13-9-7-10-14(12-13)17(3)4/h1,7,9-10,12,15-16H,6,8,11H2,2-4H3. The van der Waals surface area contributed by atoms with E-state index in [1.807, 2.05) is 0 Å². The summed E-state index contributed by atoms with van der Waals surface area (Å²) in [6.45, 7) is 3.16. The molecule has 0 bridgehead atoms. The monoisotopic (exact) mass is 230 g/mol. The fourth-order valence-electron chi connectivity index (χ4n) is 1.76. The highest BCUT2D eigenvalue weighted by molar-refractivity contribution is 5.48. The van der Waals surface area contributed by atoms with E-state index in [4.69, 9.17) is 6.42 Å². The first kappa shape index (κ1) is 13.6. The van der Waals surface area contributed by atoms with Crippen molar-refractivity contribution in [2.45, 2.75) is 25.8 Å². The maximum Gasteiger partial charge on any atom is 0.0431 e. The van der Waals surface area contributed by atoms with Gasteiger partial charge in [0.25, 0.3) is 0 Å². The van der Waals surface area contributed by atoms with Gasteiger partial charge in [-0.3, -0.25) is 0 Å². The molecule has 2 heteroatoms. The third kappa shape index (κ3) is 4.13. The van der Waals surface area contributed by atoms with Gasteiger partial charge in [-0.15, -0.1) is 12.3 Å². The molecule has 0 aliphatic rings. The Morgan fingerprint density at radius 2 is 2.18 bits per heavy atom. The van der Waals surface area contributed by atoms with Crippen molar-refractivity contribution in [1.29, 1.82) is 0 Å². The van der Waals surface area contributed by atoms with Gasteiger partial charge in [0.15, 0.2) is 0 Å². The molecule has 0 saturated heterocycles. The van der Waals surface area contributed by atoms with Gasteiger partial charge in [0, 0.05) is 32.2 Å². The van der Waals surface area contributed by atoms with Crippen molar-refractivity contribution in [2.75, 3.05) is 25.5 Å². The maximum absolute atomic E-state index is 5.44. The Morgan fingerprint density at radius 3 is 2.76 bits per heavy atom. The van der Waals surface area contributed by atoms with Gasteiger partial charge in [-0.05, 0) is 30.7 Å². The molecule has 0 amide bonds. The zero-order chi connectivity index (χ0) is 12.7. The van der Waals surface area contributed by atoms with E-state index < -0.39 is 0 Å². The zero-order valence-electron chi connectivity index (χ0n) is 11.0. The third-order valence-electron chi connectivity index (χ3n) is 2.75. The summed E-state index contributed by atoms with van der Waals surface area (Å²) in [5, 5.41) is 3.49. The Hall–Kier alpha value is -1.46. The molecule has 2 nitrogen and oxygen atoms in total. The van der Waals surface area contributed by atoms with Crippen LogP contribution < -0.4 is 10.2 Å². The van der Waals surface area contributed by atoms with Crippen LogP contribution in [0.15, 0.2) is 24.3 Å². The molecular weight excluding hydrogens is 208 g/mol. The van der Waals surface area contributed by atoms with Gasteiger partial charge in [0.2, 0.25) is 0 Å². The van der Waals surface area contributed by atoms with Crippen LogP contribution in [0.25, 0.3) is 0 Å². The minimum Gasteiger partial charge on any atom is -0.378 e. The van der Waals surface area contributed by atoms with Gasteiger partial charge >= 0.3 is 0 Å². The lowest BCUT2D eigenvalue weighted by molar-refractivity contribution is 0.542. The van der Waals surface area contributed by atoms with E-state index in [0.717, 1.165) is 19.4 Å². The van der Waals surface area contributed by atoms with Crippen LogP contribution in [-0.4, -0.2) is 20.6 Å². The lowest BCUT2D eigenvalue weighted by atomic mass is 10.0. The highest BCUT2D eigenvalue weighted by atomic mass is 15.1. The predicted molar refractivity (Wildman–Crippen MR) is 75.3 cm³/mol. The van der Waals surface area contributed by atoms with Crippen LogP contribution in [0.2, 0.25) is 0 Å². The molecule has 0 fully saturated rings. The highest BCUT2D eigenvalue weighted by Crippen LogP contribution is 2.21. The van der Waals surface area contributed by atoms with E-state index in [-0.39, 0.29) is 6.04 Å². The molecule has 1 rings (SSSR count). The first-order chi connectivity index (χ1) is 8.19. The Labute approximate surface area is 105 Å². The summed E-state index contributed by atoms with van der Waals surface area (Å²) in [7, 11) is 4.10. The van der Waals surface area contributed by atoms with E-state index in [1.54, 1.807) is 0 Å². The summed E-state index contributed by atoms with van der Waals surface area (Å²) >= 11 is 0. The van der Waals surface area contributed by atoms with E-state index in [1.165, 1.54) is 11.3 Å². The van der Waals surface area contributed by atoms with Gasteiger partial charge in [0.05, 0.1) is 0 Å². The number of hydrogen-bond donors (Lipinski definition) is 1. The minimum absolute atomic E-state index is 0.264. The molecule has 0 radical (unpaired) electrons. The quantitative estimate of drug-likeness (QED) is 0.756. The number of hydrogen-bond acceptors (Lipinski definition) is 2. The normalized spacial score (nSPS) is 11.9. The van der Waals surface area contributed by atoms with Crippen molar-refractivity contribution in [2.24, 2.45) is 0 Å². The summed E-state index contributed by atoms with van der Waals surface area (Å²) in [5.74, 6) is 2.75. The van der Waals surface area contributed by atoms with Crippen molar-refractivity contribution in [1.82, 2.24) is 5.32 Å². The second kappa shape index (κ2) is 6.98. The molecule has 1 N–H and O–H groups in total. The Morgan fingerprint density at radius 1 is 1.41 bits per heavy atom. The molecule has 1 aromatic carbocycles. The Bertz CT molecular complexity index is 377. The molecule has 0 aromatic heterocycles. The van der Waals surface area contributed by atoms with E-state index in [2.05, 4.69) is 61.4 Å². The molecule has 92 valence electrons. The fourth-order valence-corrected chi connectivity index (χ4v) is 1.76. The van der Waals surface area contributed by atoms with Crippen LogP contribution in [0.4, 0.5) is 5.69 Å². The largest absolute Gasteiger partial charge is 0.378 e. The first-order valence-corrected chi connectivity index (χ1v) is 6.13. The molecule has 0 aliphatic heterocycles. The number of nitrogens with one attached hydrogen (secondary N) is 1. The molecule has 0 spiro atoms. The van der Waals surface area contributed by atoms with Crippen LogP contribution in [0.1, 0.15) is 31.4 Å². The van der Waals surface area contributed by atoms with Crippen LogP contribution in [0.3, 0.4) is 0 Å². The maximum atomic E-state index is 5.44. The van der Waals surface area contributed by atoms with E-state index in [0.29, 0.717) is 0 Å². The van der Waals surface area contributed by atoms with Crippen LogP contribution in [-0.2, 0) is 0 Å². The number of rotatable bonds is 6. The summed E-state index contributed by atoms with van der Waals surface area (Å²) in [5.41, 5.74) is 2.48. The minimum atomic E-state index is 0.264. The average molecular weight is 230 g/mol. The second-order valence-corrected chi connectivity index (χ2v) is 4.40. The van der Waals surface area contributed by atoms with Gasteiger partial charge < -0.3 is 10.2 Å². The van der Waals surface area contributed by atoms with Crippen molar-refractivity contribution in [3.63, 3.8) is 0 Å². The molecule has 17 heavy (non-hydrogen) atoms. The fraction of sp³-hybridized carbons (Fsp3) is 0.467. The van der Waals surface area contributed by atoms with Crippen molar-refractivity contribution in [3.8, 4) is 12.3 Å². The lowest BCUT2D eigenvalue weighted by Gasteiger charge is -2.19. The van der Waals surface area contributed by atoms with E-state index in [9.17, 15) is 0 Å². The Balaban J connectivity index is 2.85. The molecule has 1 atom stereocenters. The molecule has 1 aromatic rings. The molecule has 0 aliphatic carbocycles. The average Bonchev–Trinajstić information content (AvgIpc) is 2.34. The summed E-state index contributed by atoms with van der Waals surface area (Å²) < 4.78 is 0. The van der Waals surface area contributed by atoms with Crippen LogP contribution in [0, 0.1) is 12.3 Å². The third-order valence-corrected chi connectivity index (χ3v) is 2.75. The van der Waals surface area contributed by atoms with Gasteiger partial charge in [-0.1, -0.05) is 19.1 Å². The number of benzene rings is 1. The summed E-state index contributed by atoms with van der Waals surface area (Å²) in [4.78, 5) is 2.11. The van der Waals surface area contributed by atoms with Gasteiger partial charge in [0.1, 0.15) is 0 Å². The number of anilines is 1. The smallest absolute Gasteiger partial charge is 0.0431 e. The molecular formula is C15H22N2. The topological polar surface area (TPSA) is 15.3 Å².